The van der Waals surface area contributed by atoms with Gasteiger partial charge in [-0.1, -0.05) is 48.0 Å². The van der Waals surface area contributed by atoms with Crippen LogP contribution < -0.4 is 14.4 Å². The molecular weight excluding hydrogens is 430 g/mol. The van der Waals surface area contributed by atoms with Crippen molar-refractivity contribution in [2.75, 3.05) is 19.1 Å². The van der Waals surface area contributed by atoms with Crippen molar-refractivity contribution in [1.82, 2.24) is 0 Å². The lowest BCUT2D eigenvalue weighted by atomic mass is 9.94. The zero-order valence-corrected chi connectivity index (χ0v) is 18.2. The molecule has 0 radical (unpaired) electrons. The number of rotatable bonds is 5. The predicted octanol–water partition coefficient (Wildman–Crippen LogP) is 4.98. The van der Waals surface area contributed by atoms with Crippen LogP contribution in [-0.4, -0.2) is 31.0 Å². The standard InChI is InChI=1S/C25H20ClNO5/c1-31-18-11-12-20(32-2)19(14-18)22-21(23(28)15-7-4-3-5-8-15)24(29)25(30)27(22)17-10-6-9-16(26)13-17/h3-14,22,28H,1-2H3/t22-/m0/s1. The molecule has 1 fully saturated rings. The molecule has 1 heterocycles. The predicted molar refractivity (Wildman–Crippen MR) is 122 cm³/mol. The number of nitrogens with zero attached hydrogens (tertiary/aromatic N) is 1. The van der Waals surface area contributed by atoms with E-state index in [0.717, 1.165) is 0 Å². The molecule has 3 aromatic carbocycles. The van der Waals surface area contributed by atoms with E-state index in [9.17, 15) is 14.7 Å². The quantitative estimate of drug-likeness (QED) is 0.337. The number of hydrogen-bond acceptors (Lipinski definition) is 5. The third-order valence-electron chi connectivity index (χ3n) is 5.31. The molecule has 1 aliphatic heterocycles. The Bertz CT molecular complexity index is 1220. The van der Waals surface area contributed by atoms with E-state index < -0.39 is 17.7 Å². The molecular formula is C25H20ClNO5. The van der Waals surface area contributed by atoms with Crippen LogP contribution >= 0.6 is 11.6 Å². The number of carbonyl (C=O) groups is 2. The van der Waals surface area contributed by atoms with Gasteiger partial charge >= 0.3 is 0 Å². The van der Waals surface area contributed by atoms with Crippen molar-refractivity contribution in [3.8, 4) is 11.5 Å². The number of Topliss-reactive ketones (excluding diaryl/α,β-unsaturated/α-hetero) is 1. The number of benzene rings is 3. The van der Waals surface area contributed by atoms with Gasteiger partial charge < -0.3 is 14.6 Å². The maximum absolute atomic E-state index is 13.2. The SMILES string of the molecule is COc1ccc(OC)c([C@H]2C(=C(O)c3ccccc3)C(=O)C(=O)N2c2cccc(Cl)c2)c1. The number of aliphatic hydroxyl groups is 1. The number of ether oxygens (including phenoxy) is 2. The van der Waals surface area contributed by atoms with E-state index >= 15 is 0 Å². The molecule has 0 aromatic heterocycles. The van der Waals surface area contributed by atoms with Gasteiger partial charge in [0.1, 0.15) is 17.3 Å². The molecule has 0 spiro atoms. The first-order valence-corrected chi connectivity index (χ1v) is 10.2. The molecule has 32 heavy (non-hydrogen) atoms. The lowest BCUT2D eigenvalue weighted by Crippen LogP contribution is -2.29. The average molecular weight is 450 g/mol. The normalized spacial score (nSPS) is 17.5. The summed E-state index contributed by atoms with van der Waals surface area (Å²) in [5.74, 6) is -0.912. The first-order valence-electron chi connectivity index (χ1n) is 9.80. The summed E-state index contributed by atoms with van der Waals surface area (Å²) in [5.41, 5.74) is 1.28. The monoisotopic (exact) mass is 449 g/mol. The molecule has 0 unspecified atom stereocenters. The Hall–Kier alpha value is -3.77. The fraction of sp³-hybridized carbons (Fsp3) is 0.120. The Morgan fingerprint density at radius 1 is 0.938 bits per heavy atom. The molecule has 4 rings (SSSR count). The Labute approximate surface area is 190 Å². The summed E-state index contributed by atoms with van der Waals surface area (Å²) < 4.78 is 10.9. The van der Waals surface area contributed by atoms with Crippen LogP contribution in [-0.2, 0) is 9.59 Å². The minimum atomic E-state index is -0.960. The minimum Gasteiger partial charge on any atom is -0.507 e. The van der Waals surface area contributed by atoms with Gasteiger partial charge in [-0.05, 0) is 36.4 Å². The topological polar surface area (TPSA) is 76.1 Å². The molecule has 1 amide bonds. The number of ketones is 1. The van der Waals surface area contributed by atoms with Gasteiger partial charge in [0.15, 0.2) is 0 Å². The molecule has 162 valence electrons. The van der Waals surface area contributed by atoms with Crippen LogP contribution in [0.2, 0.25) is 5.02 Å². The van der Waals surface area contributed by atoms with Crippen LogP contribution in [0, 0.1) is 0 Å². The van der Waals surface area contributed by atoms with Crippen molar-refractivity contribution >= 4 is 34.7 Å². The van der Waals surface area contributed by atoms with Gasteiger partial charge in [-0.3, -0.25) is 14.5 Å². The van der Waals surface area contributed by atoms with Crippen LogP contribution in [0.4, 0.5) is 5.69 Å². The number of hydrogen-bond donors (Lipinski definition) is 1. The summed E-state index contributed by atoms with van der Waals surface area (Å²) in [6.45, 7) is 0. The highest BCUT2D eigenvalue weighted by atomic mass is 35.5. The van der Waals surface area contributed by atoms with Gasteiger partial charge in [0.25, 0.3) is 11.7 Å². The number of halogens is 1. The number of anilines is 1. The second kappa shape index (κ2) is 8.77. The molecule has 1 atom stereocenters. The first-order chi connectivity index (χ1) is 15.5. The van der Waals surface area contributed by atoms with E-state index in [1.165, 1.54) is 19.1 Å². The van der Waals surface area contributed by atoms with Crippen molar-refractivity contribution in [1.29, 1.82) is 0 Å². The first kappa shape index (κ1) is 21.5. The summed E-state index contributed by atoms with van der Waals surface area (Å²) in [7, 11) is 3.01. The zero-order valence-electron chi connectivity index (χ0n) is 17.4. The second-order valence-electron chi connectivity index (χ2n) is 7.12. The van der Waals surface area contributed by atoms with Crippen molar-refractivity contribution in [2.45, 2.75) is 6.04 Å². The van der Waals surface area contributed by atoms with E-state index in [1.807, 2.05) is 0 Å². The van der Waals surface area contributed by atoms with Gasteiger partial charge in [0.05, 0.1) is 25.8 Å². The number of amides is 1. The maximum Gasteiger partial charge on any atom is 0.300 e. The van der Waals surface area contributed by atoms with E-state index in [0.29, 0.717) is 33.3 Å². The van der Waals surface area contributed by atoms with Gasteiger partial charge in [0.2, 0.25) is 0 Å². The van der Waals surface area contributed by atoms with Gasteiger partial charge in [-0.25, -0.2) is 0 Å². The van der Waals surface area contributed by atoms with Crippen molar-refractivity contribution in [3.05, 3.63) is 94.5 Å². The average Bonchev–Trinajstić information content (AvgIpc) is 3.09. The third-order valence-corrected chi connectivity index (χ3v) is 5.54. The molecule has 0 saturated carbocycles. The lowest BCUT2D eigenvalue weighted by Gasteiger charge is -2.27. The van der Waals surface area contributed by atoms with Gasteiger partial charge in [0, 0.05) is 21.8 Å². The van der Waals surface area contributed by atoms with E-state index in [1.54, 1.807) is 72.8 Å². The van der Waals surface area contributed by atoms with Gasteiger partial charge in [-0.2, -0.15) is 0 Å². The smallest absolute Gasteiger partial charge is 0.300 e. The van der Waals surface area contributed by atoms with Crippen LogP contribution in [0.25, 0.3) is 5.76 Å². The number of aliphatic hydroxyl groups excluding tert-OH is 1. The Kier molecular flexibility index (Phi) is 5.88. The second-order valence-corrected chi connectivity index (χ2v) is 7.56. The molecule has 1 N–H and O–H groups in total. The van der Waals surface area contributed by atoms with Crippen LogP contribution in [0.5, 0.6) is 11.5 Å². The summed E-state index contributed by atoms with van der Waals surface area (Å²) in [6, 6.07) is 19.4. The summed E-state index contributed by atoms with van der Waals surface area (Å²) >= 11 is 6.17. The van der Waals surface area contributed by atoms with Crippen molar-refractivity contribution in [3.63, 3.8) is 0 Å². The largest absolute Gasteiger partial charge is 0.507 e. The Balaban J connectivity index is 2.02. The van der Waals surface area contributed by atoms with E-state index in [-0.39, 0.29) is 11.3 Å². The fourth-order valence-corrected chi connectivity index (χ4v) is 4.01. The lowest BCUT2D eigenvalue weighted by molar-refractivity contribution is -0.132. The summed E-state index contributed by atoms with van der Waals surface area (Å²) in [6.07, 6.45) is 0. The number of methoxy groups -OCH3 is 2. The molecule has 1 aliphatic rings. The van der Waals surface area contributed by atoms with Crippen molar-refractivity contribution < 1.29 is 24.2 Å². The van der Waals surface area contributed by atoms with Gasteiger partial charge in [-0.15, -0.1) is 0 Å². The van der Waals surface area contributed by atoms with Crippen LogP contribution in [0.3, 0.4) is 0 Å². The highest BCUT2D eigenvalue weighted by Crippen LogP contribution is 2.46. The minimum absolute atomic E-state index is 0.0484. The molecule has 1 saturated heterocycles. The zero-order chi connectivity index (χ0) is 22.8. The number of carbonyl (C=O) groups excluding carboxylic acids is 2. The molecule has 0 bridgehead atoms. The third kappa shape index (κ3) is 3.69. The highest BCUT2D eigenvalue weighted by Gasteiger charge is 2.48. The summed E-state index contributed by atoms with van der Waals surface area (Å²) in [4.78, 5) is 27.7. The molecule has 6 nitrogen and oxygen atoms in total. The van der Waals surface area contributed by atoms with E-state index in [4.69, 9.17) is 21.1 Å². The van der Waals surface area contributed by atoms with Crippen LogP contribution in [0.15, 0.2) is 78.4 Å². The molecule has 3 aromatic rings. The molecule has 7 heteroatoms. The van der Waals surface area contributed by atoms with Crippen molar-refractivity contribution in [2.24, 2.45) is 0 Å². The summed E-state index contributed by atoms with van der Waals surface area (Å²) in [5, 5.41) is 11.5. The Morgan fingerprint density at radius 2 is 1.69 bits per heavy atom. The fourth-order valence-electron chi connectivity index (χ4n) is 3.82. The highest BCUT2D eigenvalue weighted by molar-refractivity contribution is 6.51. The van der Waals surface area contributed by atoms with E-state index in [2.05, 4.69) is 0 Å². The maximum atomic E-state index is 13.2. The molecule has 0 aliphatic carbocycles. The Morgan fingerprint density at radius 3 is 2.34 bits per heavy atom. The van der Waals surface area contributed by atoms with Crippen LogP contribution in [0.1, 0.15) is 17.2 Å².